The van der Waals surface area contributed by atoms with Crippen LogP contribution in [0.5, 0.6) is 0 Å². The van der Waals surface area contributed by atoms with Crippen LogP contribution in [0.15, 0.2) is 0 Å². The largest absolute Gasteiger partial charge is 3.00 e. The maximum Gasteiger partial charge on any atom is 3.00 e. The quantitative estimate of drug-likeness (QED) is 0.100. The summed E-state index contributed by atoms with van der Waals surface area (Å²) in [4.78, 5) is 32.8. The first-order valence-corrected chi connectivity index (χ1v) is 35.2. The molecule has 0 saturated heterocycles. The fraction of sp³-hybridized carbons (Fsp3) is 0.958. The number of carboxylic acids is 3. The molecule has 30 atom stereocenters. The van der Waals surface area contributed by atoms with Crippen LogP contribution in [0.25, 0.3) is 0 Å². The van der Waals surface area contributed by atoms with Crippen LogP contribution in [0, 0.1) is 139 Å². The van der Waals surface area contributed by atoms with Crippen LogP contribution in [-0.2, 0) is 31.5 Å². The molecule has 12 aliphatic carbocycles. The Morgan fingerprint density at radius 1 is 0.353 bits per heavy atom. The number of aliphatic hydroxyl groups excluding tert-OH is 6. The van der Waals surface area contributed by atoms with E-state index in [-0.39, 0.29) is 105 Å². The Kier molecular flexibility index (Phi) is 20.8. The molecule has 85 heavy (non-hydrogen) atoms. The summed E-state index contributed by atoms with van der Waals surface area (Å²) in [5.41, 5.74) is 1.48. The molecule has 12 rings (SSSR count). The fourth-order valence-corrected chi connectivity index (χ4v) is 26.2. The summed E-state index contributed by atoms with van der Waals surface area (Å²) >= 11 is 0. The van der Waals surface area contributed by atoms with Gasteiger partial charge in [0.1, 0.15) is 0 Å². The number of carbonyl (C=O) groups excluding carboxylic acids is 3. The molecule has 13 heteroatoms. The van der Waals surface area contributed by atoms with Gasteiger partial charge in [-0.05, 0) is 332 Å². The van der Waals surface area contributed by atoms with Crippen molar-refractivity contribution in [2.24, 2.45) is 139 Å². The predicted molar refractivity (Wildman–Crippen MR) is 318 cm³/mol. The molecule has 0 aromatic heterocycles. The third kappa shape index (κ3) is 12.4. The fourth-order valence-electron chi connectivity index (χ4n) is 26.2. The number of aliphatic hydroxyl groups is 6. The zero-order valence-electron chi connectivity index (χ0n) is 54.1. The molecular formula is C72H117FeO12. The summed E-state index contributed by atoms with van der Waals surface area (Å²) in [5, 5.41) is 97.1. The van der Waals surface area contributed by atoms with Crippen LogP contribution in [-0.4, -0.2) is 85.2 Å². The molecule has 12 nitrogen and oxygen atoms in total. The van der Waals surface area contributed by atoms with Crippen molar-refractivity contribution in [2.75, 3.05) is 0 Å². The van der Waals surface area contributed by atoms with Crippen molar-refractivity contribution in [3.63, 3.8) is 0 Å². The standard InChI is InChI=1S/3C24H40O4.Fe/c3*1-14(4-7-21(27)28)17-5-6-18-22-19(9-11-24(17,18)3)23(2)10-8-16(25)12-15(23)13-20(22)26;/h3*14-20,22,25-26H,4-13H2,1-3H3,(H,27,28);/q;;;+3/p-3/t3*14?,15-,16+,17+,18-,19-,20+,22?,23-,24+;/m000./s1. The number of rotatable bonds is 12. The normalized spacial score (nSPS) is 51.1. The van der Waals surface area contributed by atoms with Gasteiger partial charge in [-0.25, -0.2) is 0 Å². The van der Waals surface area contributed by atoms with Gasteiger partial charge < -0.3 is 60.3 Å². The zero-order chi connectivity index (χ0) is 60.8. The van der Waals surface area contributed by atoms with E-state index in [1.54, 1.807) is 0 Å². The summed E-state index contributed by atoms with van der Waals surface area (Å²) in [5.74, 6) is 5.98. The minimum Gasteiger partial charge on any atom is -0.550 e. The van der Waals surface area contributed by atoms with E-state index in [1.807, 2.05) is 0 Å². The molecule has 0 amide bonds. The number of hydrogen-bond acceptors (Lipinski definition) is 12. The molecule has 0 heterocycles. The summed E-state index contributed by atoms with van der Waals surface area (Å²) in [6, 6.07) is 0. The number of carboxylic acid groups (broad SMARTS) is 3. The van der Waals surface area contributed by atoms with E-state index in [1.165, 1.54) is 77.0 Å². The first-order chi connectivity index (χ1) is 39.5. The molecule has 12 fully saturated rings. The summed E-state index contributed by atoms with van der Waals surface area (Å²) < 4.78 is 0. The maximum atomic E-state index is 11.2. The Labute approximate surface area is 523 Å². The van der Waals surface area contributed by atoms with Crippen LogP contribution in [0.1, 0.15) is 255 Å². The molecule has 12 aliphatic rings. The van der Waals surface area contributed by atoms with Crippen LogP contribution in [0.2, 0.25) is 0 Å². The van der Waals surface area contributed by atoms with E-state index >= 15 is 0 Å². The maximum absolute atomic E-state index is 11.2. The molecule has 485 valence electrons. The topological polar surface area (TPSA) is 242 Å². The SMILES string of the molecule is CC(CCC(=O)[O-])[C@H]1CC[C@H]2C3[C@H](O)C[C@@H]4C[C@H](O)CC[C@]4(C)[C@H]3CC[C@]12C.CC(CCC(=O)[O-])[C@H]1CC[C@H]2C3[C@H](O)C[C@@H]4C[C@H](O)CC[C@]4(C)[C@H]3CC[C@]12C.CC(CCC(=O)[O-])[C@H]1CC[C@H]2C3[C@H](O)C[C@@H]4C[C@H](O)CC[C@]4(C)[C@H]3CC[C@]12C.[Fe+3]. The van der Waals surface area contributed by atoms with E-state index < -0.39 is 17.9 Å². The second-order valence-corrected chi connectivity index (χ2v) is 34.0. The molecule has 6 N–H and O–H groups in total. The van der Waals surface area contributed by atoms with Crippen molar-refractivity contribution < 1.29 is 77.4 Å². The Balaban J connectivity index is 0.000000152. The zero-order valence-corrected chi connectivity index (χ0v) is 55.2. The first-order valence-electron chi connectivity index (χ1n) is 35.2. The number of aliphatic carboxylic acids is 3. The smallest absolute Gasteiger partial charge is 0.550 e. The molecule has 0 spiro atoms. The monoisotopic (exact) mass is 1230 g/mol. The Bertz CT molecular complexity index is 2070. The van der Waals surface area contributed by atoms with Crippen molar-refractivity contribution in [3.05, 3.63) is 0 Å². The van der Waals surface area contributed by atoms with E-state index in [0.29, 0.717) is 126 Å². The molecule has 0 aromatic carbocycles. The van der Waals surface area contributed by atoms with Crippen LogP contribution >= 0.6 is 0 Å². The van der Waals surface area contributed by atoms with Gasteiger partial charge in [0, 0.05) is 17.9 Å². The third-order valence-corrected chi connectivity index (χ3v) is 30.7. The van der Waals surface area contributed by atoms with Crippen LogP contribution in [0.3, 0.4) is 0 Å². The Morgan fingerprint density at radius 3 is 0.812 bits per heavy atom. The first kappa shape index (κ1) is 68.1. The van der Waals surface area contributed by atoms with Gasteiger partial charge in [0.05, 0.1) is 36.6 Å². The van der Waals surface area contributed by atoms with Gasteiger partial charge in [-0.3, -0.25) is 0 Å². The summed E-state index contributed by atoms with van der Waals surface area (Å²) in [7, 11) is 0. The number of fused-ring (bicyclic) bond motifs is 15. The second kappa shape index (κ2) is 26.0. The molecule has 0 aliphatic heterocycles. The number of carbonyl (C=O) groups is 3. The predicted octanol–water partition coefficient (Wildman–Crippen LogP) is 9.43. The average molecular weight is 1230 g/mol. The van der Waals surface area contributed by atoms with Gasteiger partial charge in [0.25, 0.3) is 0 Å². The van der Waals surface area contributed by atoms with Crippen molar-refractivity contribution in [1.82, 2.24) is 0 Å². The van der Waals surface area contributed by atoms with Crippen LogP contribution < -0.4 is 15.3 Å². The second-order valence-electron chi connectivity index (χ2n) is 34.0. The van der Waals surface area contributed by atoms with Crippen molar-refractivity contribution in [2.45, 2.75) is 292 Å². The molecule has 12 saturated carbocycles. The van der Waals surface area contributed by atoms with Crippen LogP contribution in [0.4, 0.5) is 0 Å². The van der Waals surface area contributed by atoms with E-state index in [4.69, 9.17) is 0 Å². The molecule has 0 bridgehead atoms. The third-order valence-electron chi connectivity index (χ3n) is 30.7. The average Bonchev–Trinajstić information content (AvgIpc) is 2.18. The minimum absolute atomic E-state index is 0. The van der Waals surface area contributed by atoms with Gasteiger partial charge in [-0.1, -0.05) is 62.3 Å². The Morgan fingerprint density at radius 2 is 0.576 bits per heavy atom. The Hall–Kier alpha value is -1.31. The molecule has 6 unspecified atom stereocenters. The van der Waals surface area contributed by atoms with Crippen molar-refractivity contribution in [1.29, 1.82) is 0 Å². The van der Waals surface area contributed by atoms with E-state index in [0.717, 1.165) is 77.0 Å². The van der Waals surface area contributed by atoms with Crippen molar-refractivity contribution >= 4 is 17.9 Å². The van der Waals surface area contributed by atoms with Gasteiger partial charge in [0.2, 0.25) is 0 Å². The van der Waals surface area contributed by atoms with Gasteiger partial charge >= 0.3 is 17.1 Å². The van der Waals surface area contributed by atoms with Gasteiger partial charge in [-0.15, -0.1) is 0 Å². The van der Waals surface area contributed by atoms with Gasteiger partial charge in [-0.2, -0.15) is 0 Å². The minimum atomic E-state index is -0.934. The molecule has 1 radical (unpaired) electrons. The van der Waals surface area contributed by atoms with E-state index in [9.17, 15) is 60.3 Å². The molecule has 0 aromatic rings. The van der Waals surface area contributed by atoms with Crippen molar-refractivity contribution in [3.8, 4) is 0 Å². The van der Waals surface area contributed by atoms with Gasteiger partial charge in [0.15, 0.2) is 0 Å². The number of hydrogen-bond donors (Lipinski definition) is 6. The van der Waals surface area contributed by atoms with E-state index in [2.05, 4.69) is 62.3 Å². The summed E-state index contributed by atoms with van der Waals surface area (Å²) in [6.07, 6.45) is 26.7. The summed E-state index contributed by atoms with van der Waals surface area (Å²) in [6.45, 7) is 21.3. The molecular weight excluding hydrogens is 1110 g/mol.